The Labute approximate surface area is 120 Å². The Morgan fingerprint density at radius 1 is 1.40 bits per heavy atom. The van der Waals surface area contributed by atoms with Gasteiger partial charge in [-0.2, -0.15) is 0 Å². The number of benzene rings is 1. The normalized spacial score (nSPS) is 18.3. The third kappa shape index (κ3) is 3.00. The Morgan fingerprint density at radius 3 is 3.05 bits per heavy atom. The molecular weight excluding hydrogens is 276 g/mol. The van der Waals surface area contributed by atoms with E-state index in [0.29, 0.717) is 5.11 Å². The van der Waals surface area contributed by atoms with E-state index in [0.717, 1.165) is 42.7 Å². The van der Waals surface area contributed by atoms with Gasteiger partial charge >= 0.3 is 5.69 Å². The van der Waals surface area contributed by atoms with E-state index in [9.17, 15) is 4.79 Å². The van der Waals surface area contributed by atoms with Gasteiger partial charge in [0.25, 0.3) is 0 Å². The number of hydrogen-bond donors (Lipinski definition) is 4. The van der Waals surface area contributed by atoms with Crippen molar-refractivity contribution >= 4 is 34.1 Å². The van der Waals surface area contributed by atoms with Crippen molar-refractivity contribution in [3.8, 4) is 0 Å². The molecule has 0 unspecified atom stereocenters. The molecule has 7 heteroatoms. The molecule has 1 fully saturated rings. The Morgan fingerprint density at radius 2 is 2.25 bits per heavy atom. The monoisotopic (exact) mass is 292 g/mol. The summed E-state index contributed by atoms with van der Waals surface area (Å²) in [5.74, 6) is 0. The van der Waals surface area contributed by atoms with Crippen LogP contribution in [0.1, 0.15) is 12.8 Å². The average Bonchev–Trinajstić information content (AvgIpc) is 3.04. The van der Waals surface area contributed by atoms with Gasteiger partial charge in [0.2, 0.25) is 0 Å². The summed E-state index contributed by atoms with van der Waals surface area (Å²) in [6.45, 7) is 1.55. The van der Waals surface area contributed by atoms with Crippen molar-refractivity contribution in [3.63, 3.8) is 0 Å². The molecule has 1 aromatic heterocycles. The number of nitrogens with one attached hydrogen (secondary N) is 4. The lowest BCUT2D eigenvalue weighted by molar-refractivity contribution is 0.114. The van der Waals surface area contributed by atoms with Crippen LogP contribution >= 0.6 is 12.2 Å². The largest absolute Gasteiger partial charge is 0.376 e. The molecule has 3 rings (SSSR count). The number of anilines is 1. The fourth-order valence-electron chi connectivity index (χ4n) is 2.30. The molecule has 1 saturated heterocycles. The van der Waals surface area contributed by atoms with Crippen LogP contribution in [0.2, 0.25) is 0 Å². The molecule has 1 aromatic carbocycles. The molecule has 0 saturated carbocycles. The number of aromatic amines is 2. The smallest absolute Gasteiger partial charge is 0.323 e. The molecule has 0 radical (unpaired) electrons. The Bertz CT molecular complexity index is 672. The van der Waals surface area contributed by atoms with Gasteiger partial charge in [0.05, 0.1) is 17.1 Å². The van der Waals surface area contributed by atoms with Gasteiger partial charge in [0, 0.05) is 18.8 Å². The van der Waals surface area contributed by atoms with E-state index >= 15 is 0 Å². The van der Waals surface area contributed by atoms with Crippen LogP contribution in [0.15, 0.2) is 23.0 Å². The summed E-state index contributed by atoms with van der Waals surface area (Å²) in [6, 6.07) is 5.54. The van der Waals surface area contributed by atoms with Crippen LogP contribution in [0.4, 0.5) is 5.69 Å². The summed E-state index contributed by atoms with van der Waals surface area (Å²) in [7, 11) is 0. The Kier molecular flexibility index (Phi) is 3.70. The highest BCUT2D eigenvalue weighted by Gasteiger charge is 2.15. The van der Waals surface area contributed by atoms with E-state index < -0.39 is 0 Å². The van der Waals surface area contributed by atoms with Crippen LogP contribution in [0.5, 0.6) is 0 Å². The van der Waals surface area contributed by atoms with E-state index in [4.69, 9.17) is 17.0 Å². The number of thiocarbonyl (C=S) groups is 1. The molecule has 2 aromatic rings. The van der Waals surface area contributed by atoms with Gasteiger partial charge in [0.15, 0.2) is 5.11 Å². The number of aromatic nitrogens is 2. The van der Waals surface area contributed by atoms with Crippen molar-refractivity contribution in [1.82, 2.24) is 15.3 Å². The standard InChI is InChI=1S/C13H16N4O2S/c18-12-16-10-4-3-8(6-11(10)17-12)15-13(20)14-7-9-2-1-5-19-9/h3-4,6,9H,1-2,5,7H2,(H2,14,15,20)(H2,16,17,18)/t9-/m1/s1. The number of fused-ring (bicyclic) bond motifs is 1. The van der Waals surface area contributed by atoms with Gasteiger partial charge in [-0.25, -0.2) is 4.79 Å². The Hall–Kier alpha value is -1.86. The maximum atomic E-state index is 11.2. The van der Waals surface area contributed by atoms with Crippen LogP contribution in [0, 0.1) is 0 Å². The minimum Gasteiger partial charge on any atom is -0.376 e. The zero-order chi connectivity index (χ0) is 13.9. The molecule has 0 amide bonds. The van der Waals surface area contributed by atoms with Gasteiger partial charge in [-0.1, -0.05) is 0 Å². The van der Waals surface area contributed by atoms with E-state index in [2.05, 4.69) is 20.6 Å². The molecule has 1 aliphatic heterocycles. The fraction of sp³-hybridized carbons (Fsp3) is 0.385. The molecule has 20 heavy (non-hydrogen) atoms. The highest BCUT2D eigenvalue weighted by molar-refractivity contribution is 7.80. The van der Waals surface area contributed by atoms with Gasteiger partial charge in [0.1, 0.15) is 0 Å². The first-order chi connectivity index (χ1) is 9.70. The molecule has 106 valence electrons. The topological polar surface area (TPSA) is 81.9 Å². The number of hydrogen-bond acceptors (Lipinski definition) is 3. The number of rotatable bonds is 3. The van der Waals surface area contributed by atoms with Crippen LogP contribution < -0.4 is 16.3 Å². The van der Waals surface area contributed by atoms with Crippen molar-refractivity contribution in [2.75, 3.05) is 18.5 Å². The average molecular weight is 292 g/mol. The summed E-state index contributed by atoms with van der Waals surface area (Å²) in [5.41, 5.74) is 2.15. The summed E-state index contributed by atoms with van der Waals surface area (Å²) >= 11 is 5.24. The van der Waals surface area contributed by atoms with Gasteiger partial charge in [-0.05, 0) is 43.3 Å². The molecule has 1 aliphatic rings. The quantitative estimate of drug-likeness (QED) is 0.642. The highest BCUT2D eigenvalue weighted by Crippen LogP contribution is 2.14. The first-order valence-corrected chi connectivity index (χ1v) is 7.00. The van der Waals surface area contributed by atoms with Gasteiger partial charge in [-0.15, -0.1) is 0 Å². The van der Waals surface area contributed by atoms with Crippen molar-refractivity contribution in [2.45, 2.75) is 18.9 Å². The molecule has 0 spiro atoms. The van der Waals surface area contributed by atoms with Crippen molar-refractivity contribution in [3.05, 3.63) is 28.7 Å². The summed E-state index contributed by atoms with van der Waals surface area (Å²) in [4.78, 5) is 16.6. The summed E-state index contributed by atoms with van der Waals surface area (Å²) < 4.78 is 5.52. The predicted molar refractivity (Wildman–Crippen MR) is 82.1 cm³/mol. The van der Waals surface area contributed by atoms with Crippen LogP contribution in [0.25, 0.3) is 11.0 Å². The van der Waals surface area contributed by atoms with Crippen molar-refractivity contribution in [1.29, 1.82) is 0 Å². The molecular formula is C13H16N4O2S. The maximum Gasteiger partial charge on any atom is 0.323 e. The zero-order valence-electron chi connectivity index (χ0n) is 10.9. The zero-order valence-corrected chi connectivity index (χ0v) is 11.7. The van der Waals surface area contributed by atoms with Gasteiger partial charge < -0.3 is 25.3 Å². The number of H-pyrrole nitrogens is 2. The molecule has 2 heterocycles. The first-order valence-electron chi connectivity index (χ1n) is 6.59. The lowest BCUT2D eigenvalue weighted by Crippen LogP contribution is -2.34. The van der Waals surface area contributed by atoms with Crippen molar-refractivity contribution < 1.29 is 4.74 Å². The second-order valence-electron chi connectivity index (χ2n) is 4.81. The summed E-state index contributed by atoms with van der Waals surface area (Å²) in [5, 5.41) is 6.79. The van der Waals surface area contributed by atoms with E-state index in [1.165, 1.54) is 0 Å². The first kappa shape index (κ1) is 13.1. The Balaban J connectivity index is 1.60. The maximum absolute atomic E-state index is 11.2. The van der Waals surface area contributed by atoms with Crippen LogP contribution in [0.3, 0.4) is 0 Å². The number of imidazole rings is 1. The minimum atomic E-state index is -0.212. The molecule has 0 aliphatic carbocycles. The van der Waals surface area contributed by atoms with Crippen LogP contribution in [-0.4, -0.2) is 34.3 Å². The molecule has 4 N–H and O–H groups in total. The number of ether oxygens (including phenoxy) is 1. The third-order valence-corrected chi connectivity index (χ3v) is 3.53. The molecule has 6 nitrogen and oxygen atoms in total. The van der Waals surface area contributed by atoms with Gasteiger partial charge in [-0.3, -0.25) is 0 Å². The summed E-state index contributed by atoms with van der Waals surface area (Å²) in [6.07, 6.45) is 2.44. The fourth-order valence-corrected chi connectivity index (χ4v) is 2.50. The van der Waals surface area contributed by atoms with E-state index in [1.54, 1.807) is 0 Å². The molecule has 1 atom stereocenters. The lowest BCUT2D eigenvalue weighted by Gasteiger charge is -2.14. The lowest BCUT2D eigenvalue weighted by atomic mass is 10.2. The second-order valence-corrected chi connectivity index (χ2v) is 5.22. The minimum absolute atomic E-state index is 0.212. The van der Waals surface area contributed by atoms with E-state index in [1.807, 2.05) is 18.2 Å². The molecule has 0 bridgehead atoms. The third-order valence-electron chi connectivity index (χ3n) is 3.29. The SMILES string of the molecule is O=c1[nH]c2ccc(NC(=S)NC[C@H]3CCCO3)cc2[nH]1. The predicted octanol–water partition coefficient (Wildman–Crippen LogP) is 1.32. The van der Waals surface area contributed by atoms with Crippen LogP contribution in [-0.2, 0) is 4.74 Å². The highest BCUT2D eigenvalue weighted by atomic mass is 32.1. The van der Waals surface area contributed by atoms with E-state index in [-0.39, 0.29) is 11.8 Å². The van der Waals surface area contributed by atoms with Crippen molar-refractivity contribution in [2.24, 2.45) is 0 Å². The second kappa shape index (κ2) is 5.64.